The minimum Gasteiger partial charge on any atom is -0.744 e. The Bertz CT molecular complexity index is 7940. The molecule has 684 valence electrons. The number of nitro benzene ring substituents is 4. The number of carbonyl (C=O) groups excluding carboxylic acids is 1. The van der Waals surface area contributed by atoms with Gasteiger partial charge in [-0.25, -0.2) is 16.8 Å². The van der Waals surface area contributed by atoms with Crippen LogP contribution in [0.15, 0.2) is 280 Å². The van der Waals surface area contributed by atoms with E-state index < -0.39 is 95.4 Å². The van der Waals surface area contributed by atoms with Crippen molar-refractivity contribution in [3.05, 3.63) is 374 Å². The number of Topliss-reactive ketones (excluding diaryl/α,β-unsaturated/α-hetero) is 1. The molecule has 0 aliphatic carbocycles. The molecule has 0 aliphatic rings. The molecular formula is C87H71IN24Na2O19S4+2. The van der Waals surface area contributed by atoms with Crippen LogP contribution in [0.3, 0.4) is 0 Å². The van der Waals surface area contributed by atoms with E-state index in [0.29, 0.717) is 56.3 Å². The van der Waals surface area contributed by atoms with Crippen LogP contribution in [0.5, 0.6) is 11.5 Å². The number of H-pyrrole nitrogens is 2. The number of nitro groups is 4. The van der Waals surface area contributed by atoms with Gasteiger partial charge in [-0.1, -0.05) is 149 Å². The Kier molecular flexibility index (Phi) is 33.4. The number of methoxy groups -OCH3 is 2. The Morgan fingerprint density at radius 2 is 1.10 bits per heavy atom. The number of ether oxygens (including phenoxy) is 2. The Balaban J connectivity index is 0.000000190. The quantitative estimate of drug-likeness (QED) is 0.0109. The van der Waals surface area contributed by atoms with E-state index >= 15 is 0 Å². The summed E-state index contributed by atoms with van der Waals surface area (Å²) in [5.74, 6) is -0.443. The van der Waals surface area contributed by atoms with Crippen molar-refractivity contribution in [2.45, 2.75) is 37.4 Å². The van der Waals surface area contributed by atoms with E-state index in [1.807, 2.05) is 133 Å². The van der Waals surface area contributed by atoms with Crippen LogP contribution < -0.4 is 98.9 Å². The van der Waals surface area contributed by atoms with Crippen LogP contribution in [0.2, 0.25) is 0 Å². The summed E-state index contributed by atoms with van der Waals surface area (Å²) in [6.45, 7) is 3.04. The van der Waals surface area contributed by atoms with Crippen LogP contribution in [-0.2, 0) is 26.7 Å². The van der Waals surface area contributed by atoms with Gasteiger partial charge in [-0.05, 0) is 205 Å². The Morgan fingerprint density at radius 1 is 0.540 bits per heavy atom. The van der Waals surface area contributed by atoms with Crippen molar-refractivity contribution in [1.29, 1.82) is 0 Å². The molecule has 18 rings (SSSR count). The molecule has 0 saturated carbocycles. The van der Waals surface area contributed by atoms with Gasteiger partial charge in [-0.3, -0.25) is 65.0 Å². The van der Waals surface area contributed by atoms with Gasteiger partial charge < -0.3 is 33.4 Å². The summed E-state index contributed by atoms with van der Waals surface area (Å²) in [5, 5.41) is 90.3. The Morgan fingerprint density at radius 3 is 1.72 bits per heavy atom. The second kappa shape index (κ2) is 45.1. The molecule has 0 saturated heterocycles. The molecule has 0 radical (unpaired) electrons. The zero-order valence-electron chi connectivity index (χ0n) is 75.0. The average Bonchev–Trinajstić information content (AvgIpc) is 1.58. The van der Waals surface area contributed by atoms with Crippen molar-refractivity contribution in [2.75, 3.05) is 14.2 Å². The molecule has 0 unspecified atom stereocenters. The number of halogens is 1. The molecule has 0 fully saturated rings. The van der Waals surface area contributed by atoms with Gasteiger partial charge in [0.1, 0.15) is 43.5 Å². The van der Waals surface area contributed by atoms with Crippen LogP contribution in [0.4, 0.5) is 22.7 Å². The van der Waals surface area contributed by atoms with E-state index in [9.17, 15) is 80.8 Å². The molecule has 137 heavy (non-hydrogen) atoms. The third-order valence-corrected chi connectivity index (χ3v) is 23.4. The molecule has 43 nitrogen and oxygen atoms in total. The maximum absolute atomic E-state index is 13.2. The van der Waals surface area contributed by atoms with E-state index in [0.717, 1.165) is 87.6 Å². The maximum Gasteiger partial charge on any atom is 1.00 e. The molecule has 0 atom stereocenters. The van der Waals surface area contributed by atoms with Crippen molar-refractivity contribution in [1.82, 2.24) is 80.1 Å². The fourth-order valence-electron chi connectivity index (χ4n) is 13.0. The molecule has 7 heterocycles. The predicted molar refractivity (Wildman–Crippen MR) is 497 cm³/mol. The molecule has 0 aliphatic heterocycles. The van der Waals surface area contributed by atoms with Crippen LogP contribution in [0.25, 0.3) is 100 Å². The zero-order valence-corrected chi connectivity index (χ0v) is 82.4. The summed E-state index contributed by atoms with van der Waals surface area (Å²) in [5.41, 5.74) is 2.84. The topological polar surface area (TPSA) is 552 Å². The fourth-order valence-corrected chi connectivity index (χ4v) is 16.1. The van der Waals surface area contributed by atoms with Crippen molar-refractivity contribution in [3.8, 4) is 78.7 Å². The zero-order chi connectivity index (χ0) is 96.1. The van der Waals surface area contributed by atoms with Gasteiger partial charge in [-0.2, -0.15) is 0 Å². The summed E-state index contributed by atoms with van der Waals surface area (Å²) in [6.07, 6.45) is 5.35. The maximum atomic E-state index is 13.2. The molecule has 11 aromatic carbocycles. The minimum absolute atomic E-state index is 0. The summed E-state index contributed by atoms with van der Waals surface area (Å²) >= 11 is 5.11. The first kappa shape index (κ1) is 101. The number of benzene rings is 11. The smallest absolute Gasteiger partial charge is 0.744 e. The van der Waals surface area contributed by atoms with E-state index in [1.54, 1.807) is 105 Å². The number of nitrogens with zero attached hydrogens (tertiary/aromatic N) is 22. The number of rotatable bonds is 23. The number of nitrogens with one attached hydrogen (secondary N) is 2. The molecule has 7 aromatic heterocycles. The van der Waals surface area contributed by atoms with E-state index in [-0.39, 0.29) is 133 Å². The van der Waals surface area contributed by atoms with Crippen molar-refractivity contribution in [3.63, 3.8) is 0 Å². The van der Waals surface area contributed by atoms with Crippen LogP contribution in [0.1, 0.15) is 48.8 Å². The molecule has 0 bridgehead atoms. The second-order valence-electron chi connectivity index (χ2n) is 27.8. The van der Waals surface area contributed by atoms with E-state index in [1.165, 1.54) is 65.8 Å². The molecule has 0 amide bonds. The van der Waals surface area contributed by atoms with Crippen molar-refractivity contribution < 1.29 is 141 Å². The molecular weight excluding hydrogens is 1990 g/mol. The third-order valence-electron chi connectivity index (χ3n) is 19.2. The van der Waals surface area contributed by atoms with Crippen LogP contribution in [0, 0.1) is 72.7 Å². The Hall–Kier alpha value is -14.7. The number of fused-ring (bicyclic) bond motifs is 2. The summed E-state index contributed by atoms with van der Waals surface area (Å²) in [7, 11) is -8.02. The van der Waals surface area contributed by atoms with Gasteiger partial charge in [0, 0.05) is 91.5 Å². The molecule has 2 N–H and O–H groups in total. The standard InChI is InChI=1S/C24H15N7O2S.C24H20N6O10S.C20H13IN6O7S.C16H12N5S.CH4.2CH3.2Na/c32-22-17-12-11-16(14-18(17)23(33)27-26-22)30-28-21(13-10-15-6-2-1-3-7-15)29-31(30)24-25-19-8-4-5-9-20(19)34-24;1-14-9-17(29(32)33)21(39-2)11-16(14)27-25-24(20(31)10-15-7-5-4-6-8-15)26-28(27)19-12-22(40-3)18(30(34)35)13-23(19)41(36,37)38;1-12-10-16(35(32,33)34)7-8-17(12)20-22-24(14-4-2-13(21)3-5-14)25(23-20)18-9-6-15(26(28)29)11-19(18)27(30)31;1-3-7-13(8-4-1)15-18-20(14-9-5-2-6-10-14)21(19-15)16-17-11-12-22-16;;;;;/h1-14H,(H,28,29);4-9,11-13H,10H2,1-3H3;2-11H,1H3;1-12H;1H4;2*1H3;;/q;;;+1;;2*-1;2*+1/p+1/b13-10+;;;;;;;;/i;;;;1T2;;;;. The summed E-state index contributed by atoms with van der Waals surface area (Å²) in [4.78, 5) is 98.8. The first-order chi connectivity index (χ1) is 64.8. The monoisotopic (exact) mass is 2060 g/mol. The number of para-hydroxylation sites is 2. The summed E-state index contributed by atoms with van der Waals surface area (Å²) in [6, 6.07) is 68.6. The van der Waals surface area contributed by atoms with Gasteiger partial charge in [0.15, 0.2) is 22.6 Å². The Labute approximate surface area is 844 Å². The van der Waals surface area contributed by atoms with Gasteiger partial charge in [0.05, 0.1) is 81.0 Å². The molecule has 18 aromatic rings. The number of thiazole rings is 2. The van der Waals surface area contributed by atoms with Crippen LogP contribution in [-0.4, -0.2) is 146 Å². The van der Waals surface area contributed by atoms with Crippen molar-refractivity contribution >= 4 is 127 Å². The number of aromatic amines is 2. The van der Waals surface area contributed by atoms with Gasteiger partial charge >= 0.3 is 98.1 Å². The van der Waals surface area contributed by atoms with E-state index in [2.05, 4.69) is 78.6 Å². The summed E-state index contributed by atoms with van der Waals surface area (Å²) < 4.78 is 94.7. The fraction of sp³-hybridized carbons (Fsp3) is 0.0690. The SMILES string of the molecule is COc1cc(-[n+]2nc(C(=O)Cc3ccccc3)nn2-c2cc(OC)c([N+](=O)[O-])cc2S(=O)(=O)[O-])c(C)cc1[N+](=O)[O-].Cc1cc(S(=O)(=O)[O-])ccc1-c1nn(-c2ccc(I)cc2)[n+](-c2ccc([N+](=O)[O-])cc2[N+](=O)[O-])n1.O=c1[nH][nH]c(=O)c2cc(-n3nc(/C=C/c4ccccc4)n[n+]3-c3nc4ccccc4s3)ccc12.[3H]C[3H].[CH3-].[CH3-].[Na+].[Na+].c1ccc(-c2nn(-c3ccccc3)[n+](-c3nccs3)n2)cc1. The molecule has 50 heteroatoms. The van der Waals surface area contributed by atoms with Crippen molar-refractivity contribution in [2.24, 2.45) is 0 Å². The number of hydrogen-bond donors (Lipinski definition) is 2. The number of non-ortho nitro benzene ring substituents is 1. The predicted octanol–water partition coefficient (Wildman–Crippen LogP) is 5.93. The number of carbonyl (C=O) groups is 1. The largest absolute Gasteiger partial charge is 1.00 e. The second-order valence-corrected chi connectivity index (χ2v) is 33.6. The van der Waals surface area contributed by atoms with Crippen LogP contribution >= 0.6 is 45.3 Å². The van der Waals surface area contributed by atoms with Gasteiger partial charge in [0.25, 0.3) is 34.1 Å². The first-order valence-electron chi connectivity index (χ1n) is 39.7. The number of aromatic nitrogens is 20. The number of hydrogen-bond acceptors (Lipinski definition) is 31. The first-order valence-corrected chi connectivity index (χ1v) is 43.9. The van der Waals surface area contributed by atoms with Gasteiger partial charge in [-0.15, -0.1) is 0 Å². The molecule has 0 spiro atoms. The average molecular weight is 2060 g/mol. The minimum atomic E-state index is -5.37. The number of aryl methyl sites for hydroxylation is 2. The number of tetrazole rings is 4. The normalized spacial score (nSPS) is 11.0. The van der Waals surface area contributed by atoms with E-state index in [4.69, 9.17) is 17.2 Å². The number of ketones is 1. The van der Waals surface area contributed by atoms with Gasteiger partial charge in [0.2, 0.25) is 11.5 Å². The third kappa shape index (κ3) is 23.6.